The number of carbonyl (C=O) groups is 1. The van der Waals surface area contributed by atoms with Crippen molar-refractivity contribution >= 4 is 11.6 Å². The van der Waals surface area contributed by atoms with Crippen LogP contribution in [0, 0.1) is 21.7 Å². The molecule has 0 bridgehead atoms. The van der Waals surface area contributed by atoms with Crippen molar-refractivity contribution < 1.29 is 18.5 Å². The molecule has 0 unspecified atom stereocenters. The van der Waals surface area contributed by atoms with Crippen LogP contribution in [0.15, 0.2) is 24.3 Å². The van der Waals surface area contributed by atoms with E-state index in [0.717, 1.165) is 0 Å². The molecule has 0 aliphatic heterocycles. The predicted octanol–water partition coefficient (Wildman–Crippen LogP) is 2.32. The maximum absolute atomic E-state index is 13.8. The van der Waals surface area contributed by atoms with Gasteiger partial charge in [0.2, 0.25) is 5.82 Å². The third-order valence-electron chi connectivity index (χ3n) is 2.84. The van der Waals surface area contributed by atoms with Gasteiger partial charge in [-0.15, -0.1) is 0 Å². The van der Waals surface area contributed by atoms with Crippen LogP contribution in [0.2, 0.25) is 0 Å². The number of nitro benzene ring substituents is 1. The van der Waals surface area contributed by atoms with E-state index in [1.165, 1.54) is 0 Å². The molecule has 5 nitrogen and oxygen atoms in total. The highest BCUT2D eigenvalue weighted by Crippen LogP contribution is 2.23. The van der Waals surface area contributed by atoms with Gasteiger partial charge in [0.05, 0.1) is 4.92 Å². The van der Waals surface area contributed by atoms with Gasteiger partial charge in [0, 0.05) is 12.1 Å². The van der Waals surface area contributed by atoms with Crippen LogP contribution in [0.25, 0.3) is 0 Å². The topological polar surface area (TPSA) is 72.2 Å². The maximum Gasteiger partial charge on any atom is 0.305 e. The van der Waals surface area contributed by atoms with Crippen LogP contribution < -0.4 is 5.32 Å². The van der Waals surface area contributed by atoms with Gasteiger partial charge in [-0.2, -0.15) is 4.39 Å². The molecule has 1 aliphatic carbocycles. The minimum absolute atomic E-state index is 0.231. The van der Waals surface area contributed by atoms with Crippen molar-refractivity contribution in [1.82, 2.24) is 5.32 Å². The summed E-state index contributed by atoms with van der Waals surface area (Å²) >= 11 is 0. The van der Waals surface area contributed by atoms with Crippen molar-refractivity contribution in [3.63, 3.8) is 0 Å². The molecule has 0 saturated carbocycles. The Hall–Kier alpha value is -2.31. The van der Waals surface area contributed by atoms with E-state index in [4.69, 9.17) is 0 Å². The van der Waals surface area contributed by atoms with Gasteiger partial charge in [-0.25, -0.2) is 4.39 Å². The first-order valence-electron chi connectivity index (χ1n) is 5.59. The van der Waals surface area contributed by atoms with E-state index >= 15 is 0 Å². The van der Waals surface area contributed by atoms with Gasteiger partial charge in [-0.3, -0.25) is 14.9 Å². The van der Waals surface area contributed by atoms with Crippen LogP contribution in [-0.2, 0) is 0 Å². The van der Waals surface area contributed by atoms with Gasteiger partial charge in [0.1, 0.15) is 11.4 Å². The lowest BCUT2D eigenvalue weighted by Crippen LogP contribution is -2.34. The van der Waals surface area contributed by atoms with E-state index in [2.05, 4.69) is 5.32 Å². The van der Waals surface area contributed by atoms with Crippen LogP contribution in [0.1, 0.15) is 23.2 Å². The van der Waals surface area contributed by atoms with Crippen molar-refractivity contribution in [2.45, 2.75) is 18.9 Å². The molecule has 1 aromatic carbocycles. The Bertz CT molecular complexity index is 564. The predicted molar refractivity (Wildman–Crippen MR) is 62.6 cm³/mol. The van der Waals surface area contributed by atoms with Crippen molar-refractivity contribution in [2.75, 3.05) is 0 Å². The van der Waals surface area contributed by atoms with E-state index in [9.17, 15) is 23.7 Å². The monoisotopic (exact) mass is 268 g/mol. The highest BCUT2D eigenvalue weighted by atomic mass is 19.1. The van der Waals surface area contributed by atoms with Gasteiger partial charge in [-0.05, 0) is 18.9 Å². The molecule has 2 rings (SSSR count). The van der Waals surface area contributed by atoms with Crippen molar-refractivity contribution in [2.24, 2.45) is 0 Å². The van der Waals surface area contributed by atoms with Crippen LogP contribution >= 0.6 is 0 Å². The average molecular weight is 268 g/mol. The number of halogens is 2. The molecular formula is C12H10F2N2O3. The second kappa shape index (κ2) is 5.13. The third-order valence-corrected chi connectivity index (χ3v) is 2.84. The Kier molecular flexibility index (Phi) is 3.55. The fourth-order valence-electron chi connectivity index (χ4n) is 1.88. The molecule has 1 N–H and O–H groups in total. The molecule has 7 heteroatoms. The summed E-state index contributed by atoms with van der Waals surface area (Å²) in [7, 11) is 0. The number of nitrogens with one attached hydrogen (secondary N) is 1. The lowest BCUT2D eigenvalue weighted by atomic mass is 10.1. The molecule has 0 saturated heterocycles. The van der Waals surface area contributed by atoms with E-state index in [-0.39, 0.29) is 6.04 Å². The summed E-state index contributed by atoms with van der Waals surface area (Å²) in [5, 5.41) is 13.0. The summed E-state index contributed by atoms with van der Waals surface area (Å²) in [4.78, 5) is 21.3. The highest BCUT2D eigenvalue weighted by molar-refractivity contribution is 5.95. The van der Waals surface area contributed by atoms with E-state index in [1.807, 2.05) is 12.2 Å². The molecule has 0 atom stereocenters. The highest BCUT2D eigenvalue weighted by Gasteiger charge is 2.27. The van der Waals surface area contributed by atoms with Gasteiger partial charge in [0.25, 0.3) is 5.91 Å². The minimum atomic E-state index is -1.45. The minimum Gasteiger partial charge on any atom is -0.348 e. The maximum atomic E-state index is 13.8. The zero-order valence-corrected chi connectivity index (χ0v) is 9.73. The number of rotatable bonds is 3. The van der Waals surface area contributed by atoms with Crippen LogP contribution in [0.4, 0.5) is 14.5 Å². The molecule has 0 spiro atoms. The zero-order valence-electron chi connectivity index (χ0n) is 9.73. The number of hydrogen-bond donors (Lipinski definition) is 1. The Morgan fingerprint density at radius 1 is 1.32 bits per heavy atom. The van der Waals surface area contributed by atoms with Gasteiger partial charge >= 0.3 is 5.69 Å². The van der Waals surface area contributed by atoms with Gasteiger partial charge in [0.15, 0.2) is 0 Å². The first-order valence-corrected chi connectivity index (χ1v) is 5.59. The Balaban J connectivity index is 2.29. The number of hydrogen-bond acceptors (Lipinski definition) is 3. The summed E-state index contributed by atoms with van der Waals surface area (Å²) in [6.45, 7) is 0. The number of carbonyl (C=O) groups excluding carboxylic acids is 1. The fourth-order valence-corrected chi connectivity index (χ4v) is 1.88. The molecule has 0 radical (unpaired) electrons. The zero-order chi connectivity index (χ0) is 14.0. The second-order valence-corrected chi connectivity index (χ2v) is 4.13. The lowest BCUT2D eigenvalue weighted by Gasteiger charge is -2.12. The van der Waals surface area contributed by atoms with E-state index in [1.54, 1.807) is 0 Å². The summed E-state index contributed by atoms with van der Waals surface area (Å²) in [6.07, 6.45) is 4.82. The third kappa shape index (κ3) is 2.59. The van der Waals surface area contributed by atoms with Crippen LogP contribution in [0.5, 0.6) is 0 Å². The molecule has 1 aromatic rings. The number of amides is 1. The first-order chi connectivity index (χ1) is 9.00. The smallest absolute Gasteiger partial charge is 0.305 e. The van der Waals surface area contributed by atoms with Crippen LogP contribution in [-0.4, -0.2) is 16.9 Å². The molecule has 1 aliphatic rings. The summed E-state index contributed by atoms with van der Waals surface area (Å²) in [6, 6.07) is 1.17. The Labute approximate surface area is 107 Å². The molecule has 19 heavy (non-hydrogen) atoms. The largest absolute Gasteiger partial charge is 0.348 e. The van der Waals surface area contributed by atoms with Gasteiger partial charge in [-0.1, -0.05) is 12.2 Å². The average Bonchev–Trinajstić information content (AvgIpc) is 2.81. The Morgan fingerprint density at radius 2 is 1.95 bits per heavy atom. The summed E-state index contributed by atoms with van der Waals surface area (Å²) in [5.74, 6) is -3.55. The number of nitro groups is 1. The standard InChI is InChI=1S/C12H10F2N2O3/c13-8-5-6-9(16(18)19)11(14)10(8)12(17)15-7-3-1-2-4-7/h1-2,5-7H,3-4H2,(H,15,17). The van der Waals surface area contributed by atoms with Crippen molar-refractivity contribution in [3.8, 4) is 0 Å². The van der Waals surface area contributed by atoms with E-state index in [0.29, 0.717) is 25.0 Å². The first kappa shape index (κ1) is 13.1. The van der Waals surface area contributed by atoms with Crippen LogP contribution in [0.3, 0.4) is 0 Å². The SMILES string of the molecule is O=C(NC1CC=CC1)c1c(F)ccc([N+](=O)[O-])c1F. The Morgan fingerprint density at radius 3 is 2.53 bits per heavy atom. The normalized spacial score (nSPS) is 14.6. The molecular weight excluding hydrogens is 258 g/mol. The summed E-state index contributed by atoms with van der Waals surface area (Å²) < 4.78 is 27.2. The quantitative estimate of drug-likeness (QED) is 0.519. The molecule has 0 heterocycles. The molecule has 0 fully saturated rings. The number of benzene rings is 1. The fraction of sp³-hybridized carbons (Fsp3) is 0.250. The summed E-state index contributed by atoms with van der Waals surface area (Å²) in [5.41, 5.74) is -1.84. The van der Waals surface area contributed by atoms with Crippen molar-refractivity contribution in [1.29, 1.82) is 0 Å². The van der Waals surface area contributed by atoms with Gasteiger partial charge < -0.3 is 5.32 Å². The molecule has 100 valence electrons. The molecule has 0 aromatic heterocycles. The molecule has 1 amide bonds. The lowest BCUT2D eigenvalue weighted by molar-refractivity contribution is -0.387. The van der Waals surface area contributed by atoms with Crippen molar-refractivity contribution in [3.05, 3.63) is 51.6 Å². The number of nitrogens with zero attached hydrogens (tertiary/aromatic N) is 1. The van der Waals surface area contributed by atoms with E-state index < -0.39 is 33.7 Å². The second-order valence-electron chi connectivity index (χ2n) is 4.13.